The Morgan fingerprint density at radius 3 is 2.75 bits per heavy atom. The van der Waals surface area contributed by atoms with Gasteiger partial charge in [0, 0.05) is 18.8 Å². The monoisotopic (exact) mass is 192 g/mol. The molecule has 0 aliphatic rings. The summed E-state index contributed by atoms with van der Waals surface area (Å²) in [6, 6.07) is 0. The van der Waals surface area contributed by atoms with Crippen molar-refractivity contribution in [3.05, 3.63) is 16.1 Å². The summed E-state index contributed by atoms with van der Waals surface area (Å²) in [7, 11) is 1.75. The molecule has 5 heteroatoms. The van der Waals surface area contributed by atoms with Crippen molar-refractivity contribution in [3.8, 4) is 0 Å². The van der Waals surface area contributed by atoms with E-state index in [1.54, 1.807) is 12.4 Å². The van der Waals surface area contributed by atoms with Crippen molar-refractivity contribution in [2.24, 2.45) is 0 Å². The smallest absolute Gasteiger partial charge is 0.296 e. The summed E-state index contributed by atoms with van der Waals surface area (Å²) >= 11 is 0.995. The SMILES string of the molecule is CNCc1csc(C(C)(F)F)n1. The number of hydrogen-bond donors (Lipinski definition) is 1. The van der Waals surface area contributed by atoms with Crippen molar-refractivity contribution >= 4 is 11.3 Å². The maximum Gasteiger partial charge on any atom is 0.296 e. The number of alkyl halides is 2. The van der Waals surface area contributed by atoms with Crippen molar-refractivity contribution in [2.75, 3.05) is 7.05 Å². The Bertz CT molecular complexity index is 254. The minimum Gasteiger partial charge on any atom is -0.314 e. The van der Waals surface area contributed by atoms with Gasteiger partial charge in [0.1, 0.15) is 0 Å². The second-order valence-electron chi connectivity index (χ2n) is 2.56. The van der Waals surface area contributed by atoms with E-state index in [0.29, 0.717) is 12.2 Å². The van der Waals surface area contributed by atoms with Crippen LogP contribution in [0.5, 0.6) is 0 Å². The van der Waals surface area contributed by atoms with Gasteiger partial charge in [-0.3, -0.25) is 0 Å². The van der Waals surface area contributed by atoms with E-state index in [4.69, 9.17) is 0 Å². The van der Waals surface area contributed by atoms with E-state index >= 15 is 0 Å². The van der Waals surface area contributed by atoms with Gasteiger partial charge in [0.05, 0.1) is 5.69 Å². The van der Waals surface area contributed by atoms with Crippen molar-refractivity contribution in [3.63, 3.8) is 0 Å². The van der Waals surface area contributed by atoms with Crippen molar-refractivity contribution < 1.29 is 8.78 Å². The van der Waals surface area contributed by atoms with Gasteiger partial charge in [-0.2, -0.15) is 8.78 Å². The van der Waals surface area contributed by atoms with Crippen LogP contribution in [0.15, 0.2) is 5.38 Å². The Kier molecular flexibility index (Phi) is 2.74. The molecule has 2 nitrogen and oxygen atoms in total. The molecule has 0 fully saturated rings. The van der Waals surface area contributed by atoms with Crippen molar-refractivity contribution in [1.82, 2.24) is 10.3 Å². The highest BCUT2D eigenvalue weighted by Crippen LogP contribution is 2.29. The normalized spacial score (nSPS) is 12.0. The highest BCUT2D eigenvalue weighted by atomic mass is 32.1. The van der Waals surface area contributed by atoms with Crippen molar-refractivity contribution in [1.29, 1.82) is 0 Å². The molecule has 1 aromatic rings. The molecular weight excluding hydrogens is 182 g/mol. The molecule has 0 aliphatic carbocycles. The zero-order chi connectivity index (χ0) is 9.19. The minimum absolute atomic E-state index is 0.118. The summed E-state index contributed by atoms with van der Waals surface area (Å²) in [6.07, 6.45) is 0. The fraction of sp³-hybridized carbons (Fsp3) is 0.571. The van der Waals surface area contributed by atoms with E-state index in [0.717, 1.165) is 18.3 Å². The number of halogens is 2. The highest BCUT2D eigenvalue weighted by molar-refractivity contribution is 7.09. The van der Waals surface area contributed by atoms with E-state index in [1.165, 1.54) is 0 Å². The molecule has 0 spiro atoms. The Hall–Kier alpha value is -0.550. The van der Waals surface area contributed by atoms with Gasteiger partial charge in [-0.15, -0.1) is 11.3 Å². The van der Waals surface area contributed by atoms with Crippen LogP contribution in [0.25, 0.3) is 0 Å². The van der Waals surface area contributed by atoms with Gasteiger partial charge in [0.25, 0.3) is 5.92 Å². The molecule has 1 rings (SSSR count). The molecule has 0 amide bonds. The van der Waals surface area contributed by atoms with Gasteiger partial charge in [-0.1, -0.05) is 0 Å². The van der Waals surface area contributed by atoms with Gasteiger partial charge in [0.2, 0.25) is 0 Å². The molecule has 0 bridgehead atoms. The molecule has 0 saturated heterocycles. The predicted octanol–water partition coefficient (Wildman–Crippen LogP) is 1.97. The highest BCUT2D eigenvalue weighted by Gasteiger charge is 2.27. The minimum atomic E-state index is -2.81. The lowest BCUT2D eigenvalue weighted by Gasteiger charge is -2.03. The Labute approximate surface area is 73.6 Å². The van der Waals surface area contributed by atoms with Crippen LogP contribution in [0.4, 0.5) is 8.78 Å². The van der Waals surface area contributed by atoms with Crippen LogP contribution < -0.4 is 5.32 Å². The average Bonchev–Trinajstić information content (AvgIpc) is 2.35. The van der Waals surface area contributed by atoms with Crippen LogP contribution in [-0.4, -0.2) is 12.0 Å². The third-order valence-corrected chi connectivity index (χ3v) is 2.35. The first kappa shape index (κ1) is 9.54. The van der Waals surface area contributed by atoms with Gasteiger partial charge in [-0.25, -0.2) is 4.98 Å². The summed E-state index contributed by atoms with van der Waals surface area (Å²) in [5.74, 6) is -2.81. The standard InChI is InChI=1S/C7H10F2N2S/c1-7(8,9)6-11-5(3-10-2)4-12-6/h4,10H,3H2,1-2H3. The van der Waals surface area contributed by atoms with Crippen LogP contribution in [0, 0.1) is 0 Å². The molecule has 0 aromatic carbocycles. The Morgan fingerprint density at radius 1 is 1.67 bits per heavy atom. The van der Waals surface area contributed by atoms with Crippen LogP contribution >= 0.6 is 11.3 Å². The molecule has 0 aliphatic heterocycles. The van der Waals surface area contributed by atoms with Gasteiger partial charge < -0.3 is 5.32 Å². The number of aromatic nitrogens is 1. The van der Waals surface area contributed by atoms with E-state index in [9.17, 15) is 8.78 Å². The largest absolute Gasteiger partial charge is 0.314 e. The van der Waals surface area contributed by atoms with Crippen LogP contribution in [0.2, 0.25) is 0 Å². The molecule has 12 heavy (non-hydrogen) atoms. The fourth-order valence-corrected chi connectivity index (χ4v) is 1.53. The van der Waals surface area contributed by atoms with Crippen LogP contribution in [-0.2, 0) is 12.5 Å². The summed E-state index contributed by atoms with van der Waals surface area (Å²) in [6.45, 7) is 1.39. The number of nitrogens with zero attached hydrogens (tertiary/aromatic N) is 1. The molecule has 0 unspecified atom stereocenters. The third-order valence-electron chi connectivity index (χ3n) is 1.29. The lowest BCUT2D eigenvalue weighted by Crippen LogP contribution is -2.09. The first-order valence-electron chi connectivity index (χ1n) is 3.51. The summed E-state index contributed by atoms with van der Waals surface area (Å²) < 4.78 is 25.3. The first-order chi connectivity index (χ1) is 5.54. The van der Waals surface area contributed by atoms with Crippen LogP contribution in [0.3, 0.4) is 0 Å². The summed E-state index contributed by atoms with van der Waals surface area (Å²) in [5, 5.41) is 4.37. The fourth-order valence-electron chi connectivity index (χ4n) is 0.771. The van der Waals surface area contributed by atoms with E-state index < -0.39 is 5.92 Å². The van der Waals surface area contributed by atoms with E-state index in [2.05, 4.69) is 10.3 Å². The third kappa shape index (κ3) is 2.22. The molecule has 0 radical (unpaired) electrons. The average molecular weight is 192 g/mol. The zero-order valence-electron chi connectivity index (χ0n) is 6.90. The summed E-state index contributed by atoms with van der Waals surface area (Å²) in [5.41, 5.74) is 0.666. The summed E-state index contributed by atoms with van der Waals surface area (Å²) in [4.78, 5) is 3.78. The quantitative estimate of drug-likeness (QED) is 0.792. The van der Waals surface area contributed by atoms with Gasteiger partial charge >= 0.3 is 0 Å². The maximum absolute atomic E-state index is 12.6. The van der Waals surface area contributed by atoms with Crippen LogP contribution in [0.1, 0.15) is 17.6 Å². The molecule has 0 saturated carbocycles. The lowest BCUT2D eigenvalue weighted by molar-refractivity contribution is 0.0171. The molecule has 1 heterocycles. The zero-order valence-corrected chi connectivity index (χ0v) is 7.71. The molecule has 1 aromatic heterocycles. The first-order valence-corrected chi connectivity index (χ1v) is 4.39. The second-order valence-corrected chi connectivity index (χ2v) is 3.42. The van der Waals surface area contributed by atoms with Crippen molar-refractivity contribution in [2.45, 2.75) is 19.4 Å². The molecule has 68 valence electrons. The lowest BCUT2D eigenvalue weighted by atomic mass is 10.4. The molecule has 0 atom stereocenters. The predicted molar refractivity (Wildman–Crippen MR) is 44.4 cm³/mol. The number of thiazole rings is 1. The topological polar surface area (TPSA) is 24.9 Å². The maximum atomic E-state index is 12.6. The molecular formula is C7H10F2N2S. The molecule has 1 N–H and O–H groups in total. The van der Waals surface area contributed by atoms with E-state index in [-0.39, 0.29) is 5.01 Å². The Morgan fingerprint density at radius 2 is 2.33 bits per heavy atom. The Balaban J connectivity index is 2.77. The number of hydrogen-bond acceptors (Lipinski definition) is 3. The van der Waals surface area contributed by atoms with Gasteiger partial charge in [-0.05, 0) is 7.05 Å². The number of nitrogens with one attached hydrogen (secondary N) is 1. The second kappa shape index (κ2) is 3.45. The van der Waals surface area contributed by atoms with E-state index in [1.807, 2.05) is 0 Å². The number of rotatable bonds is 3. The van der Waals surface area contributed by atoms with Gasteiger partial charge in [0.15, 0.2) is 5.01 Å².